The van der Waals surface area contributed by atoms with Gasteiger partial charge in [0.2, 0.25) is 5.91 Å². The molecule has 0 aromatic heterocycles. The van der Waals surface area contributed by atoms with E-state index in [0.717, 1.165) is 17.7 Å². The van der Waals surface area contributed by atoms with Gasteiger partial charge in [0.25, 0.3) is 0 Å². The maximum absolute atomic E-state index is 12.3. The minimum atomic E-state index is -0.345. The summed E-state index contributed by atoms with van der Waals surface area (Å²) in [5.41, 5.74) is 3.10. The molecule has 0 radical (unpaired) electrons. The van der Waals surface area contributed by atoms with Crippen molar-refractivity contribution in [2.45, 2.75) is 54.9 Å². The van der Waals surface area contributed by atoms with Crippen molar-refractivity contribution in [3.05, 3.63) is 56.7 Å². The fraction of sp³-hybridized carbons (Fsp3) is 0.476. The summed E-state index contributed by atoms with van der Waals surface area (Å²) in [6.07, 6.45) is 0.943. The van der Waals surface area contributed by atoms with Gasteiger partial charge in [0.15, 0.2) is 0 Å². The van der Waals surface area contributed by atoms with Crippen LogP contribution in [0.15, 0.2) is 18.2 Å². The number of aryl methyl sites for hydroxylation is 2. The van der Waals surface area contributed by atoms with Crippen LogP contribution in [0.5, 0.6) is 0 Å². The van der Waals surface area contributed by atoms with Crippen LogP contribution in [0.3, 0.4) is 0 Å². The maximum Gasteiger partial charge on any atom is 0 e. The molecule has 0 spiro atoms. The largest absolute Gasteiger partial charge is 0.358 e. The zero-order valence-corrected chi connectivity index (χ0v) is 19.2. The smallest absolute Gasteiger partial charge is 0 e. The summed E-state index contributed by atoms with van der Waals surface area (Å²) >= 11 is 0. The van der Waals surface area contributed by atoms with E-state index in [1.54, 1.807) is 4.90 Å². The molecule has 0 bridgehead atoms. The first-order chi connectivity index (χ1) is 11.8. The zero-order chi connectivity index (χ0) is 21.2. The average molecular weight is 414 g/mol. The first-order valence-corrected chi connectivity index (χ1v) is 7.77. The molecule has 1 rings (SSSR count). The summed E-state index contributed by atoms with van der Waals surface area (Å²) in [6, 6.07) is 6.20. The third kappa shape index (κ3) is 15.2. The predicted octanol–water partition coefficient (Wildman–Crippen LogP) is 4.93. The number of anilines is 1. The van der Waals surface area contributed by atoms with E-state index in [0.29, 0.717) is 0 Å². The molecule has 0 atom stereocenters. The summed E-state index contributed by atoms with van der Waals surface area (Å²) in [5, 5.41) is 0. The third-order valence-corrected chi connectivity index (χ3v) is 2.98. The molecule has 5 nitrogen and oxygen atoms in total. The Morgan fingerprint density at radius 1 is 1.04 bits per heavy atom. The van der Waals surface area contributed by atoms with Crippen molar-refractivity contribution < 1.29 is 36.1 Å². The van der Waals surface area contributed by atoms with Crippen LogP contribution in [0.4, 0.5) is 5.69 Å². The van der Waals surface area contributed by atoms with E-state index in [-0.39, 0.29) is 36.1 Å². The van der Waals surface area contributed by atoms with E-state index in [2.05, 4.69) is 45.9 Å². The number of hydrogen-bond acceptors (Lipinski definition) is 1. The number of benzene rings is 1. The van der Waals surface area contributed by atoms with Crippen LogP contribution < -0.4 is 4.90 Å². The molecule has 1 aromatic rings. The maximum atomic E-state index is 12.3. The van der Waals surface area contributed by atoms with Crippen molar-refractivity contribution in [1.29, 1.82) is 0 Å². The van der Waals surface area contributed by atoms with Gasteiger partial charge in [0, 0.05) is 35.5 Å². The predicted molar refractivity (Wildman–Crippen MR) is 103 cm³/mol. The quantitative estimate of drug-likeness (QED) is 0.499. The van der Waals surface area contributed by atoms with Crippen LogP contribution in [0.25, 0.3) is 0 Å². The van der Waals surface area contributed by atoms with Gasteiger partial charge in [-0.2, -0.15) is 0 Å². The van der Waals surface area contributed by atoms with Gasteiger partial charge in [0.1, 0.15) is 0 Å². The zero-order valence-electron chi connectivity index (χ0n) is 17.9. The van der Waals surface area contributed by atoms with Crippen molar-refractivity contribution in [3.63, 3.8) is 0 Å². The van der Waals surface area contributed by atoms with Gasteiger partial charge in [-0.05, 0) is 24.5 Å². The molecular weight excluding hydrogens is 382 g/mol. The fourth-order valence-corrected chi connectivity index (χ4v) is 2.09. The van der Waals surface area contributed by atoms with E-state index in [1.807, 2.05) is 47.7 Å². The van der Waals surface area contributed by atoms with Gasteiger partial charge >= 0.3 is 33.9 Å². The summed E-state index contributed by atoms with van der Waals surface area (Å²) in [6.45, 7) is 27.5. The number of carbonyl (C=O) groups excluding carboxylic acids is 1. The molecule has 27 heavy (non-hydrogen) atoms. The topological polar surface area (TPSA) is 80.0 Å². The first-order valence-electron chi connectivity index (χ1n) is 7.77. The average Bonchev–Trinajstić information content (AvgIpc) is 2.66. The molecule has 1 aromatic carbocycles. The van der Waals surface area contributed by atoms with Crippen molar-refractivity contribution >= 4 is 11.6 Å². The molecule has 152 valence electrons. The van der Waals surface area contributed by atoms with E-state index in [1.165, 1.54) is 5.56 Å². The van der Waals surface area contributed by atoms with Gasteiger partial charge in [-0.1, -0.05) is 59.7 Å². The Kier molecular flexibility index (Phi) is 36.4. The molecule has 0 saturated heterocycles. The number of amides is 1. The third-order valence-electron chi connectivity index (χ3n) is 2.98. The monoisotopic (exact) mass is 414 g/mol. The normalized spacial score (nSPS) is 7.63. The van der Waals surface area contributed by atoms with Crippen LogP contribution in [-0.2, 0) is 42.5 Å². The van der Waals surface area contributed by atoms with Gasteiger partial charge in [-0.3, -0.25) is 4.79 Å². The van der Waals surface area contributed by atoms with Crippen molar-refractivity contribution in [3.8, 4) is 0 Å². The van der Waals surface area contributed by atoms with E-state index in [4.69, 9.17) is 14.0 Å². The van der Waals surface area contributed by atoms with E-state index < -0.39 is 0 Å². The number of hydrogen-bond donors (Lipinski definition) is 0. The minimum absolute atomic E-state index is 0. The fourth-order valence-electron chi connectivity index (χ4n) is 2.09. The number of nitrogens with zero attached hydrogens (tertiary/aromatic N) is 1. The molecule has 0 aliphatic heterocycles. The van der Waals surface area contributed by atoms with E-state index >= 15 is 0 Å². The molecule has 0 N–H and O–H groups in total. The molecule has 0 fully saturated rings. The molecule has 0 heterocycles. The number of rotatable bonds is 2. The Bertz CT molecular complexity index is 529. The molecule has 0 aliphatic carbocycles. The molecule has 0 saturated carbocycles. The van der Waals surface area contributed by atoms with Gasteiger partial charge in [0.05, 0.1) is 0 Å². The molecule has 0 aliphatic rings. The standard InChI is InChI=1S/C15H23NO.C2H6.3CO.CH3.Cr/c1-7-12-10-8-9-11(2)13(12)16(6)14(17)15(3,4)5;4*1-2;;/h8-10H,7H2,1-6H3;1-2H3;;;;1H3;/q;;;;;-1;. The summed E-state index contributed by atoms with van der Waals surface area (Å²) < 4.78 is 22.5. The van der Waals surface area contributed by atoms with Crippen LogP contribution >= 0.6 is 0 Å². The molecule has 1 amide bonds. The summed E-state index contributed by atoms with van der Waals surface area (Å²) in [5.74, 6) is 0.154. The molecular formula is C21H32CrNO4-. The Morgan fingerprint density at radius 3 is 1.70 bits per heavy atom. The second-order valence-electron chi connectivity index (χ2n) is 5.55. The Morgan fingerprint density at radius 2 is 1.41 bits per heavy atom. The minimum Gasteiger partial charge on any atom is -0.358 e. The van der Waals surface area contributed by atoms with Crippen LogP contribution in [0.1, 0.15) is 52.7 Å². The van der Waals surface area contributed by atoms with Crippen LogP contribution in [0.2, 0.25) is 0 Å². The number of para-hydroxylation sites is 1. The van der Waals surface area contributed by atoms with Crippen molar-refractivity contribution in [2.24, 2.45) is 5.41 Å². The van der Waals surface area contributed by atoms with Gasteiger partial charge in [-0.15, -0.1) is 0 Å². The van der Waals surface area contributed by atoms with Crippen molar-refractivity contribution in [1.82, 2.24) is 0 Å². The Labute approximate surface area is 176 Å². The Balaban J connectivity index is -0.0000000976. The van der Waals surface area contributed by atoms with Gasteiger partial charge in [-0.25, -0.2) is 0 Å². The first kappa shape index (κ1) is 40.2. The second-order valence-corrected chi connectivity index (χ2v) is 5.55. The van der Waals surface area contributed by atoms with Crippen molar-refractivity contribution in [2.75, 3.05) is 11.9 Å². The van der Waals surface area contributed by atoms with Gasteiger partial charge < -0.3 is 12.3 Å². The van der Waals surface area contributed by atoms with Crippen LogP contribution in [-0.4, -0.2) is 13.0 Å². The molecule has 0 unspecified atom stereocenters. The summed E-state index contributed by atoms with van der Waals surface area (Å²) in [7, 11) is 1.87. The van der Waals surface area contributed by atoms with Crippen LogP contribution in [0, 0.1) is 39.7 Å². The molecule has 6 heteroatoms. The SMILES string of the molecule is CC.CCc1cccc(C)c1N(C)C(=O)C(C)(C)C.[C-]#[O+].[C-]#[O+].[C-]#[O+].[CH3-].[Cr]. The number of carbonyl (C=O) groups is 1. The Hall–Kier alpha value is -1.56. The van der Waals surface area contributed by atoms with E-state index in [9.17, 15) is 4.79 Å². The second kappa shape index (κ2) is 24.4. The summed E-state index contributed by atoms with van der Waals surface area (Å²) in [4.78, 5) is 14.1.